The predicted octanol–water partition coefficient (Wildman–Crippen LogP) is 4.51. The summed E-state index contributed by atoms with van der Waals surface area (Å²) in [6, 6.07) is 6.56. The van der Waals surface area contributed by atoms with Gasteiger partial charge < -0.3 is 0 Å². The van der Waals surface area contributed by atoms with Crippen LogP contribution in [0.2, 0.25) is 0 Å². The second-order valence-corrected chi connectivity index (χ2v) is 4.08. The van der Waals surface area contributed by atoms with Gasteiger partial charge in [0, 0.05) is 0 Å². The summed E-state index contributed by atoms with van der Waals surface area (Å²) in [5.74, 6) is 0. The van der Waals surface area contributed by atoms with Crippen LogP contribution < -0.4 is 0 Å². The molecule has 1 rings (SSSR count). The topological polar surface area (TPSA) is 0 Å². The molecule has 0 atom stereocenters. The van der Waals surface area contributed by atoms with Gasteiger partial charge in [0.05, 0.1) is 0 Å². The van der Waals surface area contributed by atoms with Crippen molar-refractivity contribution in [3.8, 4) is 0 Å². The Balaban J connectivity index is 3.32. The zero-order valence-electron chi connectivity index (χ0n) is 9.94. The van der Waals surface area contributed by atoms with Crippen LogP contribution in [0.4, 0.5) is 0 Å². The van der Waals surface area contributed by atoms with E-state index in [9.17, 15) is 0 Å². The first kappa shape index (κ1) is 11.0. The fourth-order valence-corrected chi connectivity index (χ4v) is 1.89. The van der Waals surface area contributed by atoms with Crippen LogP contribution >= 0.6 is 0 Å². The molecule has 0 aliphatic carbocycles. The molecule has 0 unspecified atom stereocenters. The van der Waals surface area contributed by atoms with Crippen molar-refractivity contribution in [3.05, 3.63) is 40.5 Å². The third kappa shape index (κ3) is 2.06. The van der Waals surface area contributed by atoms with Crippen molar-refractivity contribution < 1.29 is 0 Å². The van der Waals surface area contributed by atoms with Gasteiger partial charge in [-0.3, -0.25) is 0 Å². The molecule has 76 valence electrons. The van der Waals surface area contributed by atoms with Crippen LogP contribution in [0.25, 0.3) is 5.57 Å². The van der Waals surface area contributed by atoms with Crippen molar-refractivity contribution in [2.45, 2.75) is 41.0 Å². The van der Waals surface area contributed by atoms with Crippen molar-refractivity contribution >= 4 is 5.57 Å². The lowest BCUT2D eigenvalue weighted by Gasteiger charge is -2.12. The quantitative estimate of drug-likeness (QED) is 0.640. The lowest BCUT2D eigenvalue weighted by atomic mass is 9.93. The maximum atomic E-state index is 2.23. The molecule has 0 fully saturated rings. The summed E-state index contributed by atoms with van der Waals surface area (Å²) in [6.07, 6.45) is 1.12. The van der Waals surface area contributed by atoms with E-state index in [1.54, 1.807) is 0 Å². The zero-order valence-corrected chi connectivity index (χ0v) is 9.94. The van der Waals surface area contributed by atoms with Crippen LogP contribution in [0.1, 0.15) is 43.9 Å². The summed E-state index contributed by atoms with van der Waals surface area (Å²) in [5, 5.41) is 0. The average Bonchev–Trinajstić information content (AvgIpc) is 2.13. The van der Waals surface area contributed by atoms with Crippen LogP contribution in [-0.4, -0.2) is 0 Å². The van der Waals surface area contributed by atoms with Crippen molar-refractivity contribution in [3.63, 3.8) is 0 Å². The highest BCUT2D eigenvalue weighted by Crippen LogP contribution is 2.26. The van der Waals surface area contributed by atoms with Gasteiger partial charge in [-0.05, 0) is 56.4 Å². The summed E-state index contributed by atoms with van der Waals surface area (Å²) >= 11 is 0. The number of benzene rings is 1. The summed E-state index contributed by atoms with van der Waals surface area (Å²) in [7, 11) is 0. The van der Waals surface area contributed by atoms with E-state index in [0.717, 1.165) is 6.42 Å². The minimum atomic E-state index is 1.12. The standard InChI is InChI=1S/C14H20/c1-6-13(10(2)3)14-9-7-8-11(4)12(14)5/h7-9H,6H2,1-5H3. The van der Waals surface area contributed by atoms with Crippen LogP contribution in [0.15, 0.2) is 23.8 Å². The number of hydrogen-bond donors (Lipinski definition) is 0. The molecule has 0 N–H and O–H groups in total. The first-order valence-corrected chi connectivity index (χ1v) is 5.30. The molecule has 0 heterocycles. The Morgan fingerprint density at radius 3 is 2.29 bits per heavy atom. The average molecular weight is 188 g/mol. The van der Waals surface area contributed by atoms with E-state index in [2.05, 4.69) is 52.8 Å². The molecule has 14 heavy (non-hydrogen) atoms. The second-order valence-electron chi connectivity index (χ2n) is 4.08. The van der Waals surface area contributed by atoms with Crippen LogP contribution in [0, 0.1) is 13.8 Å². The molecule has 0 saturated heterocycles. The molecule has 0 amide bonds. The second kappa shape index (κ2) is 4.45. The number of allylic oxidation sites excluding steroid dienone is 2. The van der Waals surface area contributed by atoms with Gasteiger partial charge in [0.15, 0.2) is 0 Å². The highest BCUT2D eigenvalue weighted by atomic mass is 14.1. The van der Waals surface area contributed by atoms with Gasteiger partial charge in [-0.25, -0.2) is 0 Å². The van der Waals surface area contributed by atoms with E-state index >= 15 is 0 Å². The van der Waals surface area contributed by atoms with Gasteiger partial charge in [0.2, 0.25) is 0 Å². The van der Waals surface area contributed by atoms with E-state index in [1.165, 1.54) is 27.8 Å². The van der Waals surface area contributed by atoms with Crippen molar-refractivity contribution in [2.75, 3.05) is 0 Å². The third-order valence-electron chi connectivity index (χ3n) is 2.89. The van der Waals surface area contributed by atoms with Gasteiger partial charge in [0.1, 0.15) is 0 Å². The van der Waals surface area contributed by atoms with Crippen LogP contribution in [-0.2, 0) is 0 Å². The Morgan fingerprint density at radius 2 is 1.79 bits per heavy atom. The summed E-state index contributed by atoms with van der Waals surface area (Å²) in [6.45, 7) is 11.0. The molecule has 1 aromatic rings. The van der Waals surface area contributed by atoms with E-state index in [1.807, 2.05) is 0 Å². The van der Waals surface area contributed by atoms with E-state index in [4.69, 9.17) is 0 Å². The van der Waals surface area contributed by atoms with Gasteiger partial charge in [0.25, 0.3) is 0 Å². The van der Waals surface area contributed by atoms with Crippen LogP contribution in [0.5, 0.6) is 0 Å². The van der Waals surface area contributed by atoms with Crippen molar-refractivity contribution in [1.29, 1.82) is 0 Å². The molecule has 0 aliphatic heterocycles. The number of hydrogen-bond acceptors (Lipinski definition) is 0. The Bertz CT molecular complexity index is 352. The maximum Gasteiger partial charge on any atom is -0.0193 e. The lowest BCUT2D eigenvalue weighted by molar-refractivity contribution is 1.17. The van der Waals surface area contributed by atoms with Gasteiger partial charge >= 0.3 is 0 Å². The van der Waals surface area contributed by atoms with Crippen LogP contribution in [0.3, 0.4) is 0 Å². The number of aryl methyl sites for hydroxylation is 1. The first-order valence-electron chi connectivity index (χ1n) is 5.30. The number of rotatable bonds is 2. The largest absolute Gasteiger partial charge is 0.0726 e. The SMILES string of the molecule is CCC(=C(C)C)c1cccc(C)c1C. The summed E-state index contributed by atoms with van der Waals surface area (Å²) in [5.41, 5.74) is 7.15. The Hall–Kier alpha value is -1.04. The van der Waals surface area contributed by atoms with E-state index in [-0.39, 0.29) is 0 Å². The lowest BCUT2D eigenvalue weighted by Crippen LogP contribution is -1.92. The predicted molar refractivity (Wildman–Crippen MR) is 64.5 cm³/mol. The molecule has 1 aromatic carbocycles. The fourth-order valence-electron chi connectivity index (χ4n) is 1.89. The molecular formula is C14H20. The first-order chi connectivity index (χ1) is 6.57. The molecule has 0 aliphatic rings. The molecule has 0 nitrogen and oxygen atoms in total. The normalized spacial score (nSPS) is 10.1. The highest BCUT2D eigenvalue weighted by Gasteiger charge is 2.05. The van der Waals surface area contributed by atoms with Crippen molar-refractivity contribution in [2.24, 2.45) is 0 Å². The van der Waals surface area contributed by atoms with E-state index in [0.29, 0.717) is 0 Å². The molecule has 0 bridgehead atoms. The van der Waals surface area contributed by atoms with Gasteiger partial charge in [-0.2, -0.15) is 0 Å². The minimum Gasteiger partial charge on any atom is -0.0726 e. The van der Waals surface area contributed by atoms with Crippen molar-refractivity contribution in [1.82, 2.24) is 0 Å². The zero-order chi connectivity index (χ0) is 10.7. The molecular weight excluding hydrogens is 168 g/mol. The van der Waals surface area contributed by atoms with E-state index < -0.39 is 0 Å². The van der Waals surface area contributed by atoms with Gasteiger partial charge in [-0.15, -0.1) is 0 Å². The summed E-state index contributed by atoms with van der Waals surface area (Å²) in [4.78, 5) is 0. The third-order valence-corrected chi connectivity index (χ3v) is 2.89. The fraction of sp³-hybridized carbons (Fsp3) is 0.429. The Morgan fingerprint density at radius 1 is 1.14 bits per heavy atom. The molecule has 0 spiro atoms. The maximum absolute atomic E-state index is 2.23. The molecule has 0 heteroatoms. The Kier molecular flexibility index (Phi) is 3.51. The molecule has 0 radical (unpaired) electrons. The Labute approximate surface area is 87.7 Å². The smallest absolute Gasteiger partial charge is 0.0193 e. The minimum absolute atomic E-state index is 1.12. The molecule has 0 aromatic heterocycles. The van der Waals surface area contributed by atoms with Gasteiger partial charge in [-0.1, -0.05) is 30.7 Å². The monoisotopic (exact) mass is 188 g/mol. The highest BCUT2D eigenvalue weighted by molar-refractivity contribution is 5.70. The summed E-state index contributed by atoms with van der Waals surface area (Å²) < 4.78 is 0. The molecule has 0 saturated carbocycles.